The highest BCUT2D eigenvalue weighted by atomic mass is 16.5. The molecule has 20 heavy (non-hydrogen) atoms. The van der Waals surface area contributed by atoms with Crippen molar-refractivity contribution < 1.29 is 9.32 Å². The maximum atomic E-state index is 12.0. The Morgan fingerprint density at radius 3 is 2.90 bits per heavy atom. The van der Waals surface area contributed by atoms with Crippen LogP contribution in [0.3, 0.4) is 0 Å². The first-order chi connectivity index (χ1) is 9.59. The SMILES string of the molecule is Cc1noc(C)c1N(C)C(=O)NCCCn1ccnc1. The van der Waals surface area contributed by atoms with Crippen molar-refractivity contribution in [3.8, 4) is 0 Å². The smallest absolute Gasteiger partial charge is 0.321 e. The number of carbonyl (C=O) groups is 1. The van der Waals surface area contributed by atoms with E-state index in [-0.39, 0.29) is 6.03 Å². The van der Waals surface area contributed by atoms with Crippen LogP contribution in [0.4, 0.5) is 10.5 Å². The number of urea groups is 1. The number of aryl methyl sites for hydroxylation is 3. The zero-order valence-electron chi connectivity index (χ0n) is 12.0. The Morgan fingerprint density at radius 1 is 1.50 bits per heavy atom. The minimum Gasteiger partial charge on any atom is -0.359 e. The summed E-state index contributed by atoms with van der Waals surface area (Å²) in [6, 6.07) is -0.162. The molecule has 0 aromatic carbocycles. The van der Waals surface area contributed by atoms with Crippen LogP contribution in [0, 0.1) is 13.8 Å². The number of amides is 2. The summed E-state index contributed by atoms with van der Waals surface area (Å²) in [6.45, 7) is 5.03. The van der Waals surface area contributed by atoms with Crippen LogP contribution in [-0.4, -0.2) is 34.3 Å². The fourth-order valence-corrected chi connectivity index (χ4v) is 2.05. The van der Waals surface area contributed by atoms with Crippen molar-refractivity contribution in [2.24, 2.45) is 0 Å². The van der Waals surface area contributed by atoms with Crippen LogP contribution < -0.4 is 10.2 Å². The van der Waals surface area contributed by atoms with Gasteiger partial charge in [0.2, 0.25) is 0 Å². The summed E-state index contributed by atoms with van der Waals surface area (Å²) in [5.74, 6) is 0.638. The van der Waals surface area contributed by atoms with Gasteiger partial charge in [0.25, 0.3) is 0 Å². The number of rotatable bonds is 5. The third-order valence-electron chi connectivity index (χ3n) is 3.06. The van der Waals surface area contributed by atoms with Crippen molar-refractivity contribution in [3.05, 3.63) is 30.2 Å². The molecule has 2 aromatic heterocycles. The molecule has 2 rings (SSSR count). The number of nitrogens with zero attached hydrogens (tertiary/aromatic N) is 4. The lowest BCUT2D eigenvalue weighted by Gasteiger charge is -2.17. The largest absolute Gasteiger partial charge is 0.359 e. The van der Waals surface area contributed by atoms with E-state index in [9.17, 15) is 4.79 Å². The van der Waals surface area contributed by atoms with E-state index in [0.29, 0.717) is 18.0 Å². The molecule has 2 aromatic rings. The first kappa shape index (κ1) is 14.1. The fourth-order valence-electron chi connectivity index (χ4n) is 2.05. The van der Waals surface area contributed by atoms with Gasteiger partial charge in [0.1, 0.15) is 11.4 Å². The summed E-state index contributed by atoms with van der Waals surface area (Å²) >= 11 is 0. The van der Waals surface area contributed by atoms with Gasteiger partial charge in [-0.2, -0.15) is 0 Å². The predicted octanol–water partition coefficient (Wildman–Crippen LogP) is 1.72. The number of carbonyl (C=O) groups excluding carboxylic acids is 1. The quantitative estimate of drug-likeness (QED) is 0.844. The van der Waals surface area contributed by atoms with E-state index in [2.05, 4.69) is 15.5 Å². The van der Waals surface area contributed by atoms with Crippen LogP contribution >= 0.6 is 0 Å². The molecule has 7 nitrogen and oxygen atoms in total. The first-order valence-corrected chi connectivity index (χ1v) is 6.49. The normalized spacial score (nSPS) is 10.6. The summed E-state index contributed by atoms with van der Waals surface area (Å²) in [4.78, 5) is 17.5. The molecule has 0 atom stereocenters. The van der Waals surface area contributed by atoms with E-state index in [1.54, 1.807) is 26.5 Å². The van der Waals surface area contributed by atoms with Gasteiger partial charge in [-0.25, -0.2) is 9.78 Å². The second-order valence-corrected chi connectivity index (χ2v) is 4.62. The van der Waals surface area contributed by atoms with Crippen molar-refractivity contribution in [2.45, 2.75) is 26.8 Å². The number of imidazole rings is 1. The maximum Gasteiger partial charge on any atom is 0.321 e. The molecule has 0 aliphatic rings. The molecule has 0 aliphatic carbocycles. The molecule has 0 saturated heterocycles. The van der Waals surface area contributed by atoms with E-state index in [1.807, 2.05) is 17.7 Å². The third kappa shape index (κ3) is 3.17. The van der Waals surface area contributed by atoms with Crippen LogP contribution in [0.2, 0.25) is 0 Å². The molecule has 2 amide bonds. The summed E-state index contributed by atoms with van der Waals surface area (Å²) in [5.41, 5.74) is 1.43. The van der Waals surface area contributed by atoms with Crippen LogP contribution in [-0.2, 0) is 6.54 Å². The van der Waals surface area contributed by atoms with Crippen molar-refractivity contribution in [1.82, 2.24) is 20.0 Å². The van der Waals surface area contributed by atoms with Crippen LogP contribution in [0.5, 0.6) is 0 Å². The van der Waals surface area contributed by atoms with E-state index in [1.165, 1.54) is 4.90 Å². The van der Waals surface area contributed by atoms with Gasteiger partial charge in [-0.3, -0.25) is 4.90 Å². The molecule has 0 radical (unpaired) electrons. The highest BCUT2D eigenvalue weighted by Gasteiger charge is 2.18. The molecule has 1 N–H and O–H groups in total. The van der Waals surface area contributed by atoms with E-state index >= 15 is 0 Å². The summed E-state index contributed by atoms with van der Waals surface area (Å²) in [7, 11) is 1.71. The fraction of sp³-hybridized carbons (Fsp3) is 0.462. The van der Waals surface area contributed by atoms with E-state index < -0.39 is 0 Å². The lowest BCUT2D eigenvalue weighted by molar-refractivity contribution is 0.247. The van der Waals surface area contributed by atoms with Gasteiger partial charge in [0.05, 0.1) is 6.33 Å². The average Bonchev–Trinajstić information content (AvgIpc) is 3.04. The summed E-state index contributed by atoms with van der Waals surface area (Å²) in [6.07, 6.45) is 6.25. The molecular formula is C13H19N5O2. The first-order valence-electron chi connectivity index (χ1n) is 6.49. The predicted molar refractivity (Wildman–Crippen MR) is 74.6 cm³/mol. The summed E-state index contributed by atoms with van der Waals surface area (Å²) < 4.78 is 7.04. The average molecular weight is 277 g/mol. The summed E-state index contributed by atoms with van der Waals surface area (Å²) in [5, 5.41) is 6.71. The minimum atomic E-state index is -0.162. The molecule has 0 spiro atoms. The lowest BCUT2D eigenvalue weighted by atomic mass is 10.3. The second-order valence-electron chi connectivity index (χ2n) is 4.62. The van der Waals surface area contributed by atoms with Crippen molar-refractivity contribution >= 4 is 11.7 Å². The molecule has 7 heteroatoms. The number of aromatic nitrogens is 3. The standard InChI is InChI=1S/C13H19N5O2/c1-10-12(11(2)20-16-10)17(3)13(19)15-5-4-7-18-8-6-14-9-18/h6,8-9H,4-5,7H2,1-3H3,(H,15,19). The molecule has 2 heterocycles. The van der Waals surface area contributed by atoms with E-state index in [4.69, 9.17) is 4.52 Å². The minimum absolute atomic E-state index is 0.162. The molecule has 0 fully saturated rings. The number of anilines is 1. The Kier molecular flexibility index (Phi) is 4.39. The molecule has 0 unspecified atom stereocenters. The van der Waals surface area contributed by atoms with Crippen molar-refractivity contribution in [3.63, 3.8) is 0 Å². The molecule has 108 valence electrons. The number of nitrogens with one attached hydrogen (secondary N) is 1. The third-order valence-corrected chi connectivity index (χ3v) is 3.06. The van der Waals surface area contributed by atoms with E-state index in [0.717, 1.165) is 18.7 Å². The zero-order valence-corrected chi connectivity index (χ0v) is 12.0. The molecule has 0 saturated carbocycles. The zero-order chi connectivity index (χ0) is 14.5. The number of hydrogen-bond donors (Lipinski definition) is 1. The Bertz CT molecular complexity index is 542. The topological polar surface area (TPSA) is 76.2 Å². The van der Waals surface area contributed by atoms with Gasteiger partial charge in [0.15, 0.2) is 5.76 Å². The monoisotopic (exact) mass is 277 g/mol. The highest BCUT2D eigenvalue weighted by Crippen LogP contribution is 2.22. The molecular weight excluding hydrogens is 258 g/mol. The van der Waals surface area contributed by atoms with Gasteiger partial charge >= 0.3 is 6.03 Å². The van der Waals surface area contributed by atoms with Gasteiger partial charge in [-0.1, -0.05) is 5.16 Å². The maximum absolute atomic E-state index is 12.0. The molecule has 0 bridgehead atoms. The van der Waals surface area contributed by atoms with Crippen LogP contribution in [0.1, 0.15) is 17.9 Å². The second kappa shape index (κ2) is 6.23. The van der Waals surface area contributed by atoms with Gasteiger partial charge in [-0.05, 0) is 20.3 Å². The van der Waals surface area contributed by atoms with Gasteiger partial charge < -0.3 is 14.4 Å². The van der Waals surface area contributed by atoms with Crippen molar-refractivity contribution in [1.29, 1.82) is 0 Å². The molecule has 0 aliphatic heterocycles. The lowest BCUT2D eigenvalue weighted by Crippen LogP contribution is -2.38. The number of hydrogen-bond acceptors (Lipinski definition) is 4. The highest BCUT2D eigenvalue weighted by molar-refractivity contribution is 5.92. The Labute approximate surface area is 117 Å². The van der Waals surface area contributed by atoms with Crippen LogP contribution in [0.25, 0.3) is 0 Å². The van der Waals surface area contributed by atoms with Gasteiger partial charge in [0, 0.05) is 32.5 Å². The van der Waals surface area contributed by atoms with Gasteiger partial charge in [-0.15, -0.1) is 0 Å². The Morgan fingerprint density at radius 2 is 2.30 bits per heavy atom. The van der Waals surface area contributed by atoms with Crippen LogP contribution in [0.15, 0.2) is 23.2 Å². The Hall–Kier alpha value is -2.31. The Balaban J connectivity index is 1.80. The van der Waals surface area contributed by atoms with Crippen molar-refractivity contribution in [2.75, 3.05) is 18.5 Å².